The lowest BCUT2D eigenvalue weighted by Crippen LogP contribution is -2.51. The van der Waals surface area contributed by atoms with Crippen molar-refractivity contribution in [2.45, 2.75) is 18.9 Å². The van der Waals surface area contributed by atoms with Crippen molar-refractivity contribution >= 4 is 11.8 Å². The third kappa shape index (κ3) is 6.19. The summed E-state index contributed by atoms with van der Waals surface area (Å²) in [7, 11) is 5.43. The number of hydrogen-bond acceptors (Lipinski definition) is 4. The van der Waals surface area contributed by atoms with Crippen molar-refractivity contribution in [1.82, 2.24) is 0 Å². The van der Waals surface area contributed by atoms with Crippen LogP contribution in [0, 0.1) is 5.92 Å². The number of carboxylic acids is 1. The van der Waals surface area contributed by atoms with Crippen LogP contribution in [0.5, 0.6) is 0 Å². The van der Waals surface area contributed by atoms with Crippen LogP contribution in [0.2, 0.25) is 0 Å². The van der Waals surface area contributed by atoms with Crippen molar-refractivity contribution < 1.29 is 24.3 Å². The molecular formula is C12H21NO4. The molecule has 5 nitrogen and oxygen atoms in total. The van der Waals surface area contributed by atoms with Gasteiger partial charge in [-0.05, 0) is 6.42 Å². The van der Waals surface area contributed by atoms with Crippen LogP contribution in [0.15, 0.2) is 12.7 Å². The molecule has 2 atom stereocenters. The number of likely N-dealkylation sites (N-methyl/N-ethyl adjacent to an activating group) is 1. The van der Waals surface area contributed by atoms with E-state index in [0.29, 0.717) is 10.9 Å². The number of allylic oxidation sites excluding steroid dienone is 1. The fourth-order valence-electron chi connectivity index (χ4n) is 1.57. The quantitative estimate of drug-likeness (QED) is 0.335. The molecule has 0 spiro atoms. The van der Waals surface area contributed by atoms with Gasteiger partial charge in [-0.2, -0.15) is 0 Å². The van der Waals surface area contributed by atoms with Gasteiger partial charge in [-0.15, -0.1) is 6.58 Å². The standard InChI is InChI=1S/C12H21NO4/c1-5-6-7-9(14)11(12(16)17)10(15)8-13(2,3)4/h5,10-11,15H,1,6-8H2,2-4H3. The average Bonchev–Trinajstić information content (AvgIpc) is 2.10. The number of hydrogen-bond donors (Lipinski definition) is 1. The highest BCUT2D eigenvalue weighted by atomic mass is 16.4. The average molecular weight is 243 g/mol. The SMILES string of the molecule is C=CCCC(=O)C(C(=O)[O-])C(O)C[N+](C)(C)C. The molecule has 0 bridgehead atoms. The second-order valence-corrected chi connectivity index (χ2v) is 5.13. The van der Waals surface area contributed by atoms with Gasteiger partial charge in [-0.1, -0.05) is 6.08 Å². The van der Waals surface area contributed by atoms with Crippen molar-refractivity contribution in [1.29, 1.82) is 0 Å². The van der Waals surface area contributed by atoms with Crippen LogP contribution < -0.4 is 5.11 Å². The van der Waals surface area contributed by atoms with Crippen molar-refractivity contribution in [3.63, 3.8) is 0 Å². The zero-order chi connectivity index (χ0) is 13.6. The number of rotatable bonds is 8. The minimum Gasteiger partial charge on any atom is -0.549 e. The monoisotopic (exact) mass is 243 g/mol. The molecule has 0 rings (SSSR count). The molecule has 0 aromatic heterocycles. The highest BCUT2D eigenvalue weighted by Gasteiger charge is 2.31. The lowest BCUT2D eigenvalue weighted by atomic mass is 9.94. The van der Waals surface area contributed by atoms with Crippen LogP contribution in [-0.4, -0.2) is 55.1 Å². The number of carbonyl (C=O) groups excluding carboxylic acids is 2. The predicted molar refractivity (Wildman–Crippen MR) is 61.8 cm³/mol. The number of aliphatic hydroxyl groups excluding tert-OH is 1. The fraction of sp³-hybridized carbons (Fsp3) is 0.667. The van der Waals surface area contributed by atoms with Crippen molar-refractivity contribution in [2.75, 3.05) is 27.7 Å². The van der Waals surface area contributed by atoms with Crippen LogP contribution in [0.25, 0.3) is 0 Å². The summed E-state index contributed by atoms with van der Waals surface area (Å²) in [6.45, 7) is 3.64. The van der Waals surface area contributed by atoms with Gasteiger partial charge in [0.15, 0.2) is 0 Å². The number of carboxylic acid groups (broad SMARTS) is 1. The van der Waals surface area contributed by atoms with Crippen molar-refractivity contribution in [3.8, 4) is 0 Å². The van der Waals surface area contributed by atoms with Gasteiger partial charge in [0.05, 0.1) is 33.0 Å². The molecule has 0 aliphatic rings. The van der Waals surface area contributed by atoms with E-state index in [4.69, 9.17) is 0 Å². The first-order valence-corrected chi connectivity index (χ1v) is 5.52. The smallest absolute Gasteiger partial charge is 0.144 e. The summed E-state index contributed by atoms with van der Waals surface area (Å²) in [5, 5.41) is 20.7. The van der Waals surface area contributed by atoms with E-state index in [0.717, 1.165) is 0 Å². The van der Waals surface area contributed by atoms with E-state index in [2.05, 4.69) is 6.58 Å². The lowest BCUT2D eigenvalue weighted by molar-refractivity contribution is -0.873. The highest BCUT2D eigenvalue weighted by Crippen LogP contribution is 2.12. The Bertz CT molecular complexity index is 293. The summed E-state index contributed by atoms with van der Waals surface area (Å²) in [4.78, 5) is 22.5. The van der Waals surface area contributed by atoms with Gasteiger partial charge >= 0.3 is 0 Å². The number of aliphatic carboxylic acids is 1. The molecule has 0 aliphatic heterocycles. The zero-order valence-corrected chi connectivity index (χ0v) is 10.7. The number of Topliss-reactive ketones (excluding diaryl/α,β-unsaturated/α-hetero) is 1. The summed E-state index contributed by atoms with van der Waals surface area (Å²) >= 11 is 0. The summed E-state index contributed by atoms with van der Waals surface area (Å²) in [5.41, 5.74) is 0. The van der Waals surface area contributed by atoms with E-state index >= 15 is 0 Å². The number of quaternary nitrogens is 1. The van der Waals surface area contributed by atoms with E-state index < -0.39 is 23.8 Å². The molecule has 0 fully saturated rings. The molecule has 0 aliphatic carbocycles. The molecule has 0 heterocycles. The summed E-state index contributed by atoms with van der Waals surface area (Å²) < 4.78 is 0.375. The van der Waals surface area contributed by atoms with E-state index in [9.17, 15) is 19.8 Å². The number of carbonyl (C=O) groups is 2. The Morgan fingerprint density at radius 2 is 1.94 bits per heavy atom. The molecular weight excluding hydrogens is 222 g/mol. The first-order chi connectivity index (χ1) is 7.69. The second kappa shape index (κ2) is 6.51. The van der Waals surface area contributed by atoms with Crippen LogP contribution >= 0.6 is 0 Å². The van der Waals surface area contributed by atoms with Crippen molar-refractivity contribution in [3.05, 3.63) is 12.7 Å². The molecule has 1 N–H and O–H groups in total. The Morgan fingerprint density at radius 1 is 1.41 bits per heavy atom. The maximum absolute atomic E-state index is 11.6. The van der Waals surface area contributed by atoms with E-state index in [1.807, 2.05) is 21.1 Å². The van der Waals surface area contributed by atoms with Gasteiger partial charge in [0, 0.05) is 6.42 Å². The first kappa shape index (κ1) is 15.8. The molecule has 0 saturated heterocycles. The molecule has 5 heteroatoms. The maximum atomic E-state index is 11.6. The van der Waals surface area contributed by atoms with Crippen LogP contribution in [0.1, 0.15) is 12.8 Å². The Hall–Kier alpha value is -1.20. The predicted octanol–water partition coefficient (Wildman–Crippen LogP) is -1.05. The summed E-state index contributed by atoms with van der Waals surface area (Å²) in [5.74, 6) is -3.47. The third-order valence-electron chi connectivity index (χ3n) is 2.32. The molecule has 0 aromatic carbocycles. The molecule has 0 aromatic rings. The topological polar surface area (TPSA) is 77.4 Å². The summed E-state index contributed by atoms with van der Waals surface area (Å²) in [6, 6.07) is 0. The minimum atomic E-state index is -1.51. The number of nitrogens with zero attached hydrogens (tertiary/aromatic N) is 1. The normalized spacial score (nSPS) is 15.1. The molecule has 98 valence electrons. The van der Waals surface area contributed by atoms with E-state index in [1.54, 1.807) is 0 Å². The summed E-state index contributed by atoms with van der Waals surface area (Å²) in [6.07, 6.45) is 0.782. The Balaban J connectivity index is 4.67. The Labute approximate surface area is 102 Å². The van der Waals surface area contributed by atoms with Gasteiger partial charge in [0.2, 0.25) is 0 Å². The zero-order valence-electron chi connectivity index (χ0n) is 10.7. The van der Waals surface area contributed by atoms with Crippen molar-refractivity contribution in [2.24, 2.45) is 5.92 Å². The van der Waals surface area contributed by atoms with Gasteiger partial charge < -0.3 is 19.5 Å². The third-order valence-corrected chi connectivity index (χ3v) is 2.32. The Kier molecular flexibility index (Phi) is 6.05. The van der Waals surface area contributed by atoms with Crippen LogP contribution in [-0.2, 0) is 9.59 Å². The molecule has 0 amide bonds. The van der Waals surface area contributed by atoms with Gasteiger partial charge in [0.25, 0.3) is 0 Å². The Morgan fingerprint density at radius 3 is 2.29 bits per heavy atom. The maximum Gasteiger partial charge on any atom is 0.144 e. The highest BCUT2D eigenvalue weighted by molar-refractivity contribution is 5.98. The molecule has 0 radical (unpaired) electrons. The van der Waals surface area contributed by atoms with Gasteiger partial charge in [-0.3, -0.25) is 4.79 Å². The molecule has 0 saturated carbocycles. The first-order valence-electron chi connectivity index (χ1n) is 5.52. The van der Waals surface area contributed by atoms with Crippen LogP contribution in [0.4, 0.5) is 0 Å². The molecule has 2 unspecified atom stereocenters. The van der Waals surface area contributed by atoms with Crippen LogP contribution in [0.3, 0.4) is 0 Å². The van der Waals surface area contributed by atoms with Gasteiger partial charge in [-0.25, -0.2) is 0 Å². The largest absolute Gasteiger partial charge is 0.549 e. The van der Waals surface area contributed by atoms with E-state index in [1.165, 1.54) is 6.08 Å². The van der Waals surface area contributed by atoms with E-state index in [-0.39, 0.29) is 13.0 Å². The number of aliphatic hydroxyl groups is 1. The fourth-order valence-corrected chi connectivity index (χ4v) is 1.57. The minimum absolute atomic E-state index is 0.0658. The number of ketones is 1. The lowest BCUT2D eigenvalue weighted by Gasteiger charge is -2.30. The molecule has 17 heavy (non-hydrogen) atoms. The van der Waals surface area contributed by atoms with Gasteiger partial charge in [0.1, 0.15) is 18.4 Å². The second-order valence-electron chi connectivity index (χ2n) is 5.13.